The van der Waals surface area contributed by atoms with Crippen LogP contribution in [0.1, 0.15) is 12.8 Å². The molecule has 2 aliphatic heterocycles. The minimum absolute atomic E-state index is 0.112. The molecule has 3 rings (SSSR count). The lowest BCUT2D eigenvalue weighted by atomic mass is 10.1. The summed E-state index contributed by atoms with van der Waals surface area (Å²) in [5.74, 6) is 1.39. The number of halogens is 1. The minimum Gasteiger partial charge on any atom is -0.490 e. The molecule has 128 valence electrons. The van der Waals surface area contributed by atoms with E-state index in [1.807, 2.05) is 43.5 Å². The molecule has 1 N–H and O–H groups in total. The van der Waals surface area contributed by atoms with Crippen LogP contribution in [0, 0.1) is 0 Å². The first-order chi connectivity index (χ1) is 11.6. The monoisotopic (exact) mass is 348 g/mol. The van der Waals surface area contributed by atoms with Crippen LogP contribution in [0.15, 0.2) is 41.5 Å². The van der Waals surface area contributed by atoms with Gasteiger partial charge >= 0.3 is 6.03 Å². The van der Waals surface area contributed by atoms with Crippen LogP contribution in [-0.4, -0.2) is 54.6 Å². The first-order valence-electron chi connectivity index (χ1n) is 8.04. The zero-order valence-corrected chi connectivity index (χ0v) is 14.4. The predicted molar refractivity (Wildman–Crippen MR) is 94.4 cm³/mol. The first kappa shape index (κ1) is 16.6. The number of carbonyl (C=O) groups excluding carboxylic acids is 1. The van der Waals surface area contributed by atoms with Crippen molar-refractivity contribution in [2.24, 2.45) is 5.10 Å². The number of urea groups is 1. The highest BCUT2D eigenvalue weighted by Gasteiger charge is 2.24. The Bertz CT molecular complexity index is 636. The molecule has 7 heteroatoms. The van der Waals surface area contributed by atoms with Gasteiger partial charge in [0, 0.05) is 38.0 Å². The summed E-state index contributed by atoms with van der Waals surface area (Å²) in [4.78, 5) is 14.1. The first-order valence-corrected chi connectivity index (χ1v) is 8.42. The SMILES string of the molecule is CN1CC=CC(NC(=O)N2CCC(Oc3ccc(Cl)cc3)CC2)=N1. The number of nitrogens with zero attached hydrogens (tertiary/aromatic N) is 3. The Balaban J connectivity index is 1.47. The van der Waals surface area contributed by atoms with Gasteiger partial charge in [-0.3, -0.25) is 10.3 Å². The fourth-order valence-electron chi connectivity index (χ4n) is 2.71. The predicted octanol–water partition coefficient (Wildman–Crippen LogP) is 2.71. The maximum atomic E-state index is 12.3. The molecule has 1 aromatic carbocycles. The summed E-state index contributed by atoms with van der Waals surface area (Å²) in [5.41, 5.74) is 0. The van der Waals surface area contributed by atoms with Gasteiger partial charge in [-0.1, -0.05) is 17.7 Å². The highest BCUT2D eigenvalue weighted by atomic mass is 35.5. The number of nitrogens with one attached hydrogen (secondary N) is 1. The van der Waals surface area contributed by atoms with Crippen molar-refractivity contribution in [3.8, 4) is 5.75 Å². The Kier molecular flexibility index (Phi) is 5.25. The number of benzene rings is 1. The highest BCUT2D eigenvalue weighted by Crippen LogP contribution is 2.21. The van der Waals surface area contributed by atoms with E-state index in [9.17, 15) is 4.79 Å². The van der Waals surface area contributed by atoms with E-state index >= 15 is 0 Å². The van der Waals surface area contributed by atoms with Crippen molar-refractivity contribution in [2.75, 3.05) is 26.7 Å². The summed E-state index contributed by atoms with van der Waals surface area (Å²) in [5, 5.41) is 9.58. The molecule has 1 aromatic rings. The Morgan fingerprint density at radius 2 is 2.00 bits per heavy atom. The molecule has 0 unspecified atom stereocenters. The van der Waals surface area contributed by atoms with E-state index < -0.39 is 0 Å². The molecule has 0 bridgehead atoms. The average Bonchev–Trinajstić information content (AvgIpc) is 2.57. The molecule has 0 saturated carbocycles. The molecular weight excluding hydrogens is 328 g/mol. The lowest BCUT2D eigenvalue weighted by Crippen LogP contribution is -2.48. The van der Waals surface area contributed by atoms with Crippen LogP contribution < -0.4 is 10.1 Å². The van der Waals surface area contributed by atoms with Crippen LogP contribution in [0.25, 0.3) is 0 Å². The molecule has 0 aromatic heterocycles. The fraction of sp³-hybridized carbons (Fsp3) is 0.412. The van der Waals surface area contributed by atoms with Gasteiger partial charge in [-0.15, -0.1) is 0 Å². The number of hydrogen-bond acceptors (Lipinski definition) is 4. The lowest BCUT2D eigenvalue weighted by molar-refractivity contribution is 0.112. The van der Waals surface area contributed by atoms with Gasteiger partial charge in [0.25, 0.3) is 0 Å². The Hall–Kier alpha value is -2.21. The molecule has 1 fully saturated rings. The number of carbonyl (C=O) groups is 1. The quantitative estimate of drug-likeness (QED) is 0.894. The number of rotatable bonds is 2. The maximum absolute atomic E-state index is 12.3. The van der Waals surface area contributed by atoms with Crippen LogP contribution in [0.5, 0.6) is 5.75 Å². The second-order valence-corrected chi connectivity index (χ2v) is 6.35. The zero-order chi connectivity index (χ0) is 16.9. The third kappa shape index (κ3) is 4.41. The molecule has 24 heavy (non-hydrogen) atoms. The van der Waals surface area contributed by atoms with E-state index in [2.05, 4.69) is 10.4 Å². The molecule has 0 atom stereocenters. The smallest absolute Gasteiger partial charge is 0.323 e. The molecule has 2 heterocycles. The second-order valence-electron chi connectivity index (χ2n) is 5.92. The van der Waals surface area contributed by atoms with Gasteiger partial charge < -0.3 is 9.64 Å². The van der Waals surface area contributed by atoms with Crippen LogP contribution >= 0.6 is 11.6 Å². The molecular formula is C17H21ClN4O2. The van der Waals surface area contributed by atoms with E-state index in [0.717, 1.165) is 25.1 Å². The number of hydrazone groups is 1. The van der Waals surface area contributed by atoms with E-state index in [0.29, 0.717) is 23.9 Å². The van der Waals surface area contributed by atoms with Gasteiger partial charge in [0.2, 0.25) is 0 Å². The molecule has 6 nitrogen and oxygen atoms in total. The normalized spacial score (nSPS) is 18.3. The number of hydrogen-bond donors (Lipinski definition) is 1. The average molecular weight is 349 g/mol. The molecule has 2 aliphatic rings. The van der Waals surface area contributed by atoms with Crippen LogP contribution in [0.3, 0.4) is 0 Å². The molecule has 0 radical (unpaired) electrons. The van der Waals surface area contributed by atoms with E-state index in [1.54, 1.807) is 9.91 Å². The van der Waals surface area contributed by atoms with E-state index in [1.165, 1.54) is 0 Å². The van der Waals surface area contributed by atoms with Gasteiger partial charge in [0.05, 0.1) is 6.54 Å². The van der Waals surface area contributed by atoms with Crippen molar-refractivity contribution in [3.63, 3.8) is 0 Å². The van der Waals surface area contributed by atoms with Crippen molar-refractivity contribution >= 4 is 23.5 Å². The van der Waals surface area contributed by atoms with Gasteiger partial charge in [-0.05, 0) is 30.3 Å². The minimum atomic E-state index is -0.112. The number of likely N-dealkylation sites (tertiary alicyclic amines) is 1. The number of piperidine rings is 1. The Morgan fingerprint density at radius 1 is 1.29 bits per heavy atom. The largest absolute Gasteiger partial charge is 0.490 e. The number of ether oxygens (including phenoxy) is 1. The molecule has 0 aliphatic carbocycles. The maximum Gasteiger partial charge on any atom is 0.323 e. The van der Waals surface area contributed by atoms with Gasteiger partial charge in [-0.2, -0.15) is 5.10 Å². The Labute approximate surface area is 146 Å². The van der Waals surface area contributed by atoms with Gasteiger partial charge in [0.15, 0.2) is 5.84 Å². The number of likely N-dealkylation sites (N-methyl/N-ethyl adjacent to an activating group) is 1. The van der Waals surface area contributed by atoms with Crippen LogP contribution in [-0.2, 0) is 0 Å². The van der Waals surface area contributed by atoms with Crippen molar-refractivity contribution < 1.29 is 9.53 Å². The van der Waals surface area contributed by atoms with E-state index in [-0.39, 0.29) is 12.1 Å². The summed E-state index contributed by atoms with van der Waals surface area (Å²) < 4.78 is 5.94. The Morgan fingerprint density at radius 3 is 2.67 bits per heavy atom. The number of amides is 2. The third-order valence-corrected chi connectivity index (χ3v) is 4.26. The highest BCUT2D eigenvalue weighted by molar-refractivity contribution is 6.30. The van der Waals surface area contributed by atoms with Crippen LogP contribution in [0.4, 0.5) is 4.79 Å². The zero-order valence-electron chi connectivity index (χ0n) is 13.6. The molecule has 0 spiro atoms. The second kappa shape index (κ2) is 7.57. The molecule has 1 saturated heterocycles. The van der Waals surface area contributed by atoms with Crippen molar-refractivity contribution in [3.05, 3.63) is 41.4 Å². The summed E-state index contributed by atoms with van der Waals surface area (Å²) in [6, 6.07) is 7.25. The lowest BCUT2D eigenvalue weighted by Gasteiger charge is -2.32. The van der Waals surface area contributed by atoms with Crippen LogP contribution in [0.2, 0.25) is 5.02 Å². The van der Waals surface area contributed by atoms with Gasteiger partial charge in [0.1, 0.15) is 11.9 Å². The van der Waals surface area contributed by atoms with Crippen molar-refractivity contribution in [1.82, 2.24) is 15.2 Å². The fourth-order valence-corrected chi connectivity index (χ4v) is 2.84. The summed E-state index contributed by atoms with van der Waals surface area (Å²) in [6.07, 6.45) is 5.52. The summed E-state index contributed by atoms with van der Waals surface area (Å²) in [6.45, 7) is 2.08. The summed E-state index contributed by atoms with van der Waals surface area (Å²) in [7, 11) is 1.87. The van der Waals surface area contributed by atoms with Crippen molar-refractivity contribution in [2.45, 2.75) is 18.9 Å². The van der Waals surface area contributed by atoms with Crippen molar-refractivity contribution in [1.29, 1.82) is 0 Å². The van der Waals surface area contributed by atoms with Gasteiger partial charge in [-0.25, -0.2) is 4.79 Å². The molecule has 2 amide bonds. The third-order valence-electron chi connectivity index (χ3n) is 4.00. The topological polar surface area (TPSA) is 57.2 Å². The number of amidine groups is 1. The standard InChI is InChI=1S/C17H21ClN4O2/c1-21-10-2-3-16(20-21)19-17(23)22-11-8-15(9-12-22)24-14-6-4-13(18)5-7-14/h2-7,15H,8-12H2,1H3,(H,19,20,23). The van der Waals surface area contributed by atoms with E-state index in [4.69, 9.17) is 16.3 Å². The summed E-state index contributed by atoms with van der Waals surface area (Å²) >= 11 is 5.87.